The smallest absolute Gasteiger partial charge is 0.211 e. The average Bonchev–Trinajstić information content (AvgIpc) is 2.65. The summed E-state index contributed by atoms with van der Waals surface area (Å²) in [6.07, 6.45) is 7.37. The zero-order valence-electron chi connectivity index (χ0n) is 10.2. The van der Waals surface area contributed by atoms with Gasteiger partial charge in [0.2, 0.25) is 6.08 Å². The topological polar surface area (TPSA) is 29.4 Å². The van der Waals surface area contributed by atoms with Gasteiger partial charge in [-0.1, -0.05) is 25.1 Å². The standard InChI is InChI=1S/C15H17NO/c1-11-3-4-12-5-6-13(9-14(11)12)15(16-10-17)7-2-8-15/h5-6,9,11H,2-4,7-8H2,1H3. The number of aryl methyl sites for hydroxylation is 1. The van der Waals surface area contributed by atoms with Crippen LogP contribution in [0.1, 0.15) is 55.2 Å². The van der Waals surface area contributed by atoms with Gasteiger partial charge in [-0.2, -0.15) is 4.99 Å². The molecule has 17 heavy (non-hydrogen) atoms. The molecule has 1 unspecified atom stereocenters. The van der Waals surface area contributed by atoms with E-state index in [0.717, 1.165) is 19.3 Å². The van der Waals surface area contributed by atoms with E-state index in [-0.39, 0.29) is 5.54 Å². The summed E-state index contributed by atoms with van der Waals surface area (Å²) in [5.74, 6) is 0.655. The Morgan fingerprint density at radius 2 is 2.24 bits per heavy atom. The molecule has 0 radical (unpaired) electrons. The Balaban J connectivity index is 2.04. The molecule has 1 aromatic rings. The summed E-state index contributed by atoms with van der Waals surface area (Å²) >= 11 is 0. The van der Waals surface area contributed by atoms with E-state index in [0.29, 0.717) is 5.92 Å². The van der Waals surface area contributed by atoms with E-state index in [9.17, 15) is 4.79 Å². The third-order valence-electron chi connectivity index (χ3n) is 4.50. The van der Waals surface area contributed by atoms with Crippen LogP contribution in [0.3, 0.4) is 0 Å². The quantitative estimate of drug-likeness (QED) is 0.562. The summed E-state index contributed by atoms with van der Waals surface area (Å²) in [5.41, 5.74) is 3.93. The second-order valence-corrected chi connectivity index (χ2v) is 5.44. The maximum Gasteiger partial charge on any atom is 0.235 e. The Kier molecular flexibility index (Phi) is 2.41. The average molecular weight is 227 g/mol. The van der Waals surface area contributed by atoms with Crippen LogP contribution in [-0.4, -0.2) is 6.08 Å². The lowest BCUT2D eigenvalue weighted by atomic mass is 9.72. The number of fused-ring (bicyclic) bond motifs is 1. The molecule has 1 fully saturated rings. The first-order valence-corrected chi connectivity index (χ1v) is 6.47. The third kappa shape index (κ3) is 1.56. The minimum Gasteiger partial charge on any atom is -0.211 e. The highest BCUT2D eigenvalue weighted by Gasteiger charge is 2.39. The molecule has 0 heterocycles. The fourth-order valence-electron chi connectivity index (χ4n) is 3.16. The monoisotopic (exact) mass is 227 g/mol. The molecule has 1 saturated carbocycles. The Morgan fingerprint density at radius 3 is 2.88 bits per heavy atom. The van der Waals surface area contributed by atoms with Gasteiger partial charge in [-0.3, -0.25) is 0 Å². The molecule has 0 amide bonds. The molecule has 0 aliphatic heterocycles. The number of carbonyl (C=O) groups excluding carboxylic acids is 1. The van der Waals surface area contributed by atoms with Crippen molar-refractivity contribution in [2.75, 3.05) is 0 Å². The van der Waals surface area contributed by atoms with Gasteiger partial charge in [0, 0.05) is 0 Å². The van der Waals surface area contributed by atoms with Crippen molar-refractivity contribution in [2.45, 2.75) is 50.5 Å². The summed E-state index contributed by atoms with van der Waals surface area (Å²) in [6, 6.07) is 6.68. The van der Waals surface area contributed by atoms with Gasteiger partial charge in [-0.15, -0.1) is 0 Å². The van der Waals surface area contributed by atoms with Crippen molar-refractivity contribution in [3.8, 4) is 0 Å². The predicted molar refractivity (Wildman–Crippen MR) is 66.8 cm³/mol. The van der Waals surface area contributed by atoms with Gasteiger partial charge in [-0.05, 0) is 54.7 Å². The highest BCUT2D eigenvalue weighted by Crippen LogP contribution is 2.46. The van der Waals surface area contributed by atoms with E-state index >= 15 is 0 Å². The van der Waals surface area contributed by atoms with Crippen LogP contribution in [0, 0.1) is 0 Å². The van der Waals surface area contributed by atoms with E-state index in [1.54, 1.807) is 6.08 Å². The van der Waals surface area contributed by atoms with Crippen LogP contribution in [0.4, 0.5) is 0 Å². The minimum absolute atomic E-state index is 0.237. The molecule has 0 N–H and O–H groups in total. The summed E-state index contributed by atoms with van der Waals surface area (Å²) in [5, 5.41) is 0. The number of isocyanates is 1. The van der Waals surface area contributed by atoms with E-state index in [1.165, 1.54) is 29.5 Å². The number of rotatable bonds is 2. The van der Waals surface area contributed by atoms with Gasteiger partial charge in [0.25, 0.3) is 0 Å². The molecular formula is C15H17NO. The Hall–Kier alpha value is -1.40. The maximum atomic E-state index is 10.6. The highest BCUT2D eigenvalue weighted by atomic mass is 16.1. The molecule has 3 rings (SSSR count). The molecule has 1 atom stereocenters. The number of aliphatic imine (C=N–C) groups is 1. The lowest BCUT2D eigenvalue weighted by Crippen LogP contribution is -2.32. The summed E-state index contributed by atoms with van der Waals surface area (Å²) < 4.78 is 0. The van der Waals surface area contributed by atoms with Crippen molar-refractivity contribution in [3.05, 3.63) is 34.9 Å². The van der Waals surface area contributed by atoms with Crippen molar-refractivity contribution in [1.82, 2.24) is 0 Å². The second-order valence-electron chi connectivity index (χ2n) is 5.44. The lowest BCUT2D eigenvalue weighted by Gasteiger charge is -2.37. The maximum absolute atomic E-state index is 10.6. The summed E-state index contributed by atoms with van der Waals surface area (Å²) in [4.78, 5) is 14.7. The fraction of sp³-hybridized carbons (Fsp3) is 0.533. The number of hydrogen-bond acceptors (Lipinski definition) is 2. The van der Waals surface area contributed by atoms with Crippen LogP contribution in [-0.2, 0) is 16.8 Å². The van der Waals surface area contributed by atoms with Crippen LogP contribution in [0.2, 0.25) is 0 Å². The zero-order chi connectivity index (χ0) is 11.9. The van der Waals surface area contributed by atoms with E-state index in [1.807, 2.05) is 0 Å². The number of nitrogens with zero attached hydrogens (tertiary/aromatic N) is 1. The Morgan fingerprint density at radius 1 is 1.41 bits per heavy atom. The molecule has 1 aromatic carbocycles. The van der Waals surface area contributed by atoms with Crippen LogP contribution in [0.25, 0.3) is 0 Å². The van der Waals surface area contributed by atoms with Crippen LogP contribution >= 0.6 is 0 Å². The van der Waals surface area contributed by atoms with Crippen LogP contribution in [0.5, 0.6) is 0 Å². The van der Waals surface area contributed by atoms with Crippen molar-refractivity contribution in [2.24, 2.45) is 4.99 Å². The highest BCUT2D eigenvalue weighted by molar-refractivity contribution is 5.44. The molecule has 0 spiro atoms. The molecule has 0 aromatic heterocycles. The van der Waals surface area contributed by atoms with Gasteiger partial charge in [0.05, 0.1) is 5.54 Å². The van der Waals surface area contributed by atoms with Gasteiger partial charge < -0.3 is 0 Å². The predicted octanol–water partition coefficient (Wildman–Crippen LogP) is 3.45. The van der Waals surface area contributed by atoms with Gasteiger partial charge >= 0.3 is 0 Å². The van der Waals surface area contributed by atoms with E-state index < -0.39 is 0 Å². The molecule has 0 saturated heterocycles. The van der Waals surface area contributed by atoms with Crippen molar-refractivity contribution in [3.63, 3.8) is 0 Å². The minimum atomic E-state index is -0.237. The van der Waals surface area contributed by atoms with E-state index in [4.69, 9.17) is 0 Å². The Bertz CT molecular complexity index is 496. The van der Waals surface area contributed by atoms with Crippen LogP contribution in [0.15, 0.2) is 23.2 Å². The van der Waals surface area contributed by atoms with Crippen molar-refractivity contribution in [1.29, 1.82) is 0 Å². The normalized spacial score (nSPS) is 24.6. The summed E-state index contributed by atoms with van der Waals surface area (Å²) in [7, 11) is 0. The first kappa shape index (κ1) is 10.7. The van der Waals surface area contributed by atoms with Crippen LogP contribution < -0.4 is 0 Å². The van der Waals surface area contributed by atoms with E-state index in [2.05, 4.69) is 30.1 Å². The lowest BCUT2D eigenvalue weighted by molar-refractivity contribution is 0.256. The second kappa shape index (κ2) is 3.82. The first-order chi connectivity index (χ1) is 8.25. The van der Waals surface area contributed by atoms with Gasteiger partial charge in [0.1, 0.15) is 0 Å². The molecule has 2 heteroatoms. The number of hydrogen-bond donors (Lipinski definition) is 0. The molecule has 88 valence electrons. The summed E-state index contributed by atoms with van der Waals surface area (Å²) in [6.45, 7) is 2.28. The van der Waals surface area contributed by atoms with Gasteiger partial charge in [0.15, 0.2) is 0 Å². The molecule has 2 aliphatic rings. The Labute approximate surface area is 102 Å². The molecule has 2 nitrogen and oxygen atoms in total. The SMILES string of the molecule is CC1CCc2ccc(C3(N=C=O)CCC3)cc21. The molecular weight excluding hydrogens is 210 g/mol. The van der Waals surface area contributed by atoms with Crippen molar-refractivity contribution >= 4 is 6.08 Å². The van der Waals surface area contributed by atoms with Gasteiger partial charge in [-0.25, -0.2) is 4.79 Å². The third-order valence-corrected chi connectivity index (χ3v) is 4.50. The molecule has 2 aliphatic carbocycles. The number of benzene rings is 1. The zero-order valence-corrected chi connectivity index (χ0v) is 10.2. The first-order valence-electron chi connectivity index (χ1n) is 6.47. The largest absolute Gasteiger partial charge is 0.235 e. The fourth-order valence-corrected chi connectivity index (χ4v) is 3.16. The molecule has 0 bridgehead atoms. The van der Waals surface area contributed by atoms with Crippen molar-refractivity contribution < 1.29 is 4.79 Å².